The van der Waals surface area contributed by atoms with Crippen LogP contribution in [-0.2, 0) is 9.59 Å². The first kappa shape index (κ1) is 19.7. The summed E-state index contributed by atoms with van der Waals surface area (Å²) < 4.78 is 0. The summed E-state index contributed by atoms with van der Waals surface area (Å²) in [7, 11) is 0. The molecule has 0 saturated heterocycles. The molecule has 0 spiro atoms. The monoisotopic (exact) mass is 426 g/mol. The summed E-state index contributed by atoms with van der Waals surface area (Å²) in [6.07, 6.45) is 1.53. The number of nitrogens with zero attached hydrogens (tertiary/aromatic N) is 3. The van der Waals surface area contributed by atoms with E-state index in [9.17, 15) is 9.59 Å². The Hall–Kier alpha value is -2.64. The molecule has 29 heavy (non-hydrogen) atoms. The van der Waals surface area contributed by atoms with Crippen molar-refractivity contribution < 1.29 is 9.59 Å². The summed E-state index contributed by atoms with van der Waals surface area (Å²) in [5.74, 6) is 0.407. The molecule has 2 aromatic rings. The SMILES string of the molecule is CCCC1C(=O)N=C2c3ccccc3N=C(SCC(=O)Nc3ccccc3Cl)N21. The molecule has 2 aliphatic heterocycles. The molecule has 1 unspecified atom stereocenters. The maximum Gasteiger partial charge on any atom is 0.270 e. The van der Waals surface area contributed by atoms with E-state index >= 15 is 0 Å². The largest absolute Gasteiger partial charge is 0.324 e. The van der Waals surface area contributed by atoms with Crippen LogP contribution < -0.4 is 5.32 Å². The number of benzene rings is 2. The number of amidine groups is 2. The summed E-state index contributed by atoms with van der Waals surface area (Å²) in [5, 5.41) is 3.91. The van der Waals surface area contributed by atoms with Gasteiger partial charge in [-0.1, -0.05) is 61.0 Å². The lowest BCUT2D eigenvalue weighted by atomic mass is 10.1. The van der Waals surface area contributed by atoms with Gasteiger partial charge in [0, 0.05) is 5.56 Å². The molecule has 148 valence electrons. The molecule has 0 saturated carbocycles. The highest BCUT2D eigenvalue weighted by Crippen LogP contribution is 2.35. The van der Waals surface area contributed by atoms with Gasteiger partial charge in [0.2, 0.25) is 5.91 Å². The van der Waals surface area contributed by atoms with Crippen LogP contribution >= 0.6 is 23.4 Å². The second-order valence-corrected chi connectivity index (χ2v) is 8.03. The van der Waals surface area contributed by atoms with E-state index in [1.165, 1.54) is 11.8 Å². The summed E-state index contributed by atoms with van der Waals surface area (Å²) >= 11 is 7.40. The van der Waals surface area contributed by atoms with Crippen LogP contribution in [0.1, 0.15) is 25.3 Å². The van der Waals surface area contributed by atoms with E-state index in [-0.39, 0.29) is 23.6 Å². The number of fused-ring (bicyclic) bond motifs is 3. The third-order valence-electron chi connectivity index (χ3n) is 4.65. The van der Waals surface area contributed by atoms with E-state index in [4.69, 9.17) is 16.6 Å². The summed E-state index contributed by atoms with van der Waals surface area (Å²) in [5.41, 5.74) is 2.16. The van der Waals surface area contributed by atoms with Gasteiger partial charge in [0.25, 0.3) is 5.91 Å². The molecule has 2 amide bonds. The van der Waals surface area contributed by atoms with Crippen LogP contribution in [0.3, 0.4) is 0 Å². The van der Waals surface area contributed by atoms with Gasteiger partial charge in [-0.05, 0) is 30.7 Å². The third kappa shape index (κ3) is 3.93. The number of nitrogens with one attached hydrogen (secondary N) is 1. The number of hydrogen-bond acceptors (Lipinski definition) is 5. The minimum absolute atomic E-state index is 0.142. The lowest BCUT2D eigenvalue weighted by Gasteiger charge is -2.30. The van der Waals surface area contributed by atoms with E-state index in [1.54, 1.807) is 18.2 Å². The van der Waals surface area contributed by atoms with Crippen molar-refractivity contribution in [1.82, 2.24) is 4.90 Å². The topological polar surface area (TPSA) is 74.1 Å². The maximum atomic E-state index is 12.5. The fourth-order valence-electron chi connectivity index (χ4n) is 3.33. The van der Waals surface area contributed by atoms with Crippen LogP contribution in [0.5, 0.6) is 0 Å². The van der Waals surface area contributed by atoms with Crippen LogP contribution in [0.4, 0.5) is 11.4 Å². The van der Waals surface area contributed by atoms with Crippen molar-refractivity contribution in [2.24, 2.45) is 9.98 Å². The highest BCUT2D eigenvalue weighted by Gasteiger charge is 2.41. The molecule has 2 aromatic carbocycles. The number of carbonyl (C=O) groups excluding carboxylic acids is 2. The van der Waals surface area contributed by atoms with E-state index in [2.05, 4.69) is 10.3 Å². The number of para-hydroxylation sites is 2. The number of hydrogen-bond donors (Lipinski definition) is 1. The molecule has 0 bridgehead atoms. The Morgan fingerprint density at radius 2 is 1.93 bits per heavy atom. The molecule has 1 atom stereocenters. The molecule has 1 N–H and O–H groups in total. The standard InChI is InChI=1S/C21H19ClN4O2S/c1-2-7-17-20(28)25-19-13-8-3-5-10-15(13)24-21(26(17)19)29-12-18(27)23-16-11-6-4-9-14(16)22/h3-6,8-11,17H,2,7,12H2,1H3,(H,23,27). The minimum Gasteiger partial charge on any atom is -0.324 e. The van der Waals surface area contributed by atoms with Gasteiger partial charge in [-0.2, -0.15) is 4.99 Å². The Labute approximate surface area is 178 Å². The summed E-state index contributed by atoms with van der Waals surface area (Å²) in [6, 6.07) is 14.3. The van der Waals surface area contributed by atoms with Gasteiger partial charge in [0.05, 0.1) is 22.2 Å². The van der Waals surface area contributed by atoms with Gasteiger partial charge in [-0.3, -0.25) is 14.5 Å². The molecule has 0 fully saturated rings. The van der Waals surface area contributed by atoms with Gasteiger partial charge in [0.15, 0.2) is 5.17 Å². The number of amides is 2. The van der Waals surface area contributed by atoms with Crippen LogP contribution in [-0.4, -0.2) is 39.5 Å². The third-order valence-corrected chi connectivity index (χ3v) is 5.93. The quantitative estimate of drug-likeness (QED) is 0.765. The van der Waals surface area contributed by atoms with Crippen LogP contribution in [0, 0.1) is 0 Å². The number of anilines is 1. The first-order valence-corrected chi connectivity index (χ1v) is 10.7. The molecule has 8 heteroatoms. The van der Waals surface area contributed by atoms with Gasteiger partial charge in [-0.25, -0.2) is 4.99 Å². The number of carbonyl (C=O) groups is 2. The fourth-order valence-corrected chi connectivity index (χ4v) is 4.36. The number of thioether (sulfide) groups is 1. The van der Waals surface area contributed by atoms with Crippen molar-refractivity contribution in [1.29, 1.82) is 0 Å². The smallest absolute Gasteiger partial charge is 0.270 e. The number of halogens is 1. The first-order valence-electron chi connectivity index (χ1n) is 9.35. The molecule has 2 heterocycles. The van der Waals surface area contributed by atoms with E-state index in [0.717, 1.165) is 17.7 Å². The molecule has 2 aliphatic rings. The van der Waals surface area contributed by atoms with Gasteiger partial charge in [0.1, 0.15) is 11.9 Å². The van der Waals surface area contributed by atoms with Crippen LogP contribution in [0.2, 0.25) is 5.02 Å². The second-order valence-electron chi connectivity index (χ2n) is 6.68. The Bertz CT molecular complexity index is 1040. The normalized spacial score (nSPS) is 17.4. The Morgan fingerprint density at radius 1 is 1.17 bits per heavy atom. The van der Waals surface area contributed by atoms with Crippen LogP contribution in [0.15, 0.2) is 58.5 Å². The molecule has 6 nitrogen and oxygen atoms in total. The van der Waals surface area contributed by atoms with Gasteiger partial charge >= 0.3 is 0 Å². The van der Waals surface area contributed by atoms with Crippen molar-refractivity contribution in [2.45, 2.75) is 25.8 Å². The van der Waals surface area contributed by atoms with Crippen LogP contribution in [0.25, 0.3) is 0 Å². The molecular weight excluding hydrogens is 408 g/mol. The van der Waals surface area contributed by atoms with Crippen molar-refractivity contribution in [3.05, 3.63) is 59.1 Å². The molecule has 0 aliphatic carbocycles. The summed E-state index contributed by atoms with van der Waals surface area (Å²) in [4.78, 5) is 35.9. The van der Waals surface area contributed by atoms with E-state index in [0.29, 0.717) is 28.1 Å². The maximum absolute atomic E-state index is 12.5. The number of aliphatic imine (C=N–C) groups is 2. The zero-order valence-corrected chi connectivity index (χ0v) is 17.3. The Morgan fingerprint density at radius 3 is 2.72 bits per heavy atom. The highest BCUT2D eigenvalue weighted by molar-refractivity contribution is 8.14. The molecule has 4 rings (SSSR count). The highest BCUT2D eigenvalue weighted by atomic mass is 35.5. The van der Waals surface area contributed by atoms with Crippen molar-refractivity contribution in [3.8, 4) is 0 Å². The van der Waals surface area contributed by atoms with Crippen molar-refractivity contribution in [2.75, 3.05) is 11.1 Å². The Balaban J connectivity index is 1.56. The molecular formula is C21H19ClN4O2S. The van der Waals surface area contributed by atoms with E-state index < -0.39 is 0 Å². The molecule has 0 aromatic heterocycles. The lowest BCUT2D eigenvalue weighted by molar-refractivity contribution is -0.119. The fraction of sp³-hybridized carbons (Fsp3) is 0.238. The zero-order chi connectivity index (χ0) is 20.4. The Kier molecular flexibility index (Phi) is 5.69. The average Bonchev–Trinajstić information content (AvgIpc) is 3.05. The zero-order valence-electron chi connectivity index (χ0n) is 15.8. The number of rotatable bonds is 5. The lowest BCUT2D eigenvalue weighted by Crippen LogP contribution is -2.43. The predicted octanol–water partition coefficient (Wildman–Crippen LogP) is 4.47. The van der Waals surface area contributed by atoms with Gasteiger partial charge < -0.3 is 5.32 Å². The van der Waals surface area contributed by atoms with Crippen molar-refractivity contribution >= 4 is 57.6 Å². The first-order chi connectivity index (χ1) is 14.1. The second kappa shape index (κ2) is 8.39. The minimum atomic E-state index is -0.374. The predicted molar refractivity (Wildman–Crippen MR) is 118 cm³/mol. The van der Waals surface area contributed by atoms with Gasteiger partial charge in [-0.15, -0.1) is 0 Å². The average molecular weight is 427 g/mol. The van der Waals surface area contributed by atoms with E-state index in [1.807, 2.05) is 42.2 Å². The molecule has 0 radical (unpaired) electrons. The summed E-state index contributed by atoms with van der Waals surface area (Å²) in [6.45, 7) is 2.03. The van der Waals surface area contributed by atoms with Crippen molar-refractivity contribution in [3.63, 3.8) is 0 Å².